The number of nitrogens with zero attached hydrogens (tertiary/aromatic N) is 1. The zero-order valence-corrected chi connectivity index (χ0v) is 12.6. The van der Waals surface area contributed by atoms with Gasteiger partial charge < -0.3 is 14.5 Å². The first-order valence-corrected chi connectivity index (χ1v) is 7.73. The average molecular weight is 313 g/mol. The van der Waals surface area contributed by atoms with Gasteiger partial charge in [0, 0.05) is 5.39 Å². The number of hydrogen-bond acceptors (Lipinski definition) is 4. The van der Waals surface area contributed by atoms with Gasteiger partial charge in [-0.05, 0) is 28.3 Å². The highest BCUT2D eigenvalue weighted by molar-refractivity contribution is 6.57. The number of pyridine rings is 1. The monoisotopic (exact) mass is 313 g/mol. The molecule has 0 spiro atoms. The molecule has 0 aliphatic carbocycles. The minimum Gasteiger partial charge on any atom is -0.454 e. The zero-order chi connectivity index (χ0) is 16.3. The molecule has 4 nitrogen and oxygen atoms in total. The summed E-state index contributed by atoms with van der Waals surface area (Å²) in [6.07, 6.45) is 0. The first-order valence-electron chi connectivity index (χ1n) is 7.73. The summed E-state index contributed by atoms with van der Waals surface area (Å²) < 4.78 is 6.08. The van der Waals surface area contributed by atoms with Crippen LogP contribution in [-0.4, -0.2) is 22.2 Å². The Kier molecular flexibility index (Phi) is 2.71. The number of rotatable bonds is 1. The van der Waals surface area contributed by atoms with Crippen LogP contribution in [0, 0.1) is 0 Å². The van der Waals surface area contributed by atoms with Crippen LogP contribution in [0.25, 0.3) is 43.6 Å². The summed E-state index contributed by atoms with van der Waals surface area (Å²) in [6.45, 7) is 0. The second-order valence-electron chi connectivity index (χ2n) is 5.85. The number of fused-ring (bicyclic) bond motifs is 8. The van der Waals surface area contributed by atoms with Crippen molar-refractivity contribution < 1.29 is 14.5 Å². The maximum Gasteiger partial charge on any atom is 0.508 e. The lowest BCUT2D eigenvalue weighted by Crippen LogP contribution is -2.32. The summed E-state index contributed by atoms with van der Waals surface area (Å²) in [5.41, 5.74) is 2.27. The number of hydrogen-bond donors (Lipinski definition) is 2. The second-order valence-corrected chi connectivity index (χ2v) is 5.85. The molecule has 0 radical (unpaired) electrons. The minimum atomic E-state index is -1.61. The molecular weight excluding hydrogens is 301 g/mol. The smallest absolute Gasteiger partial charge is 0.454 e. The first kappa shape index (κ1) is 13.5. The minimum absolute atomic E-state index is 0.211. The van der Waals surface area contributed by atoms with Gasteiger partial charge in [0.2, 0.25) is 0 Å². The highest BCUT2D eigenvalue weighted by atomic mass is 16.4. The van der Waals surface area contributed by atoms with Crippen LogP contribution in [-0.2, 0) is 0 Å². The molecule has 2 N–H and O–H groups in total. The highest BCUT2D eigenvalue weighted by Gasteiger charge is 2.19. The molecule has 0 bridgehead atoms. The first-order chi connectivity index (χ1) is 11.7. The van der Waals surface area contributed by atoms with Crippen LogP contribution < -0.4 is 5.59 Å². The number of furan rings is 1. The molecule has 0 aliphatic heterocycles. The summed E-state index contributed by atoms with van der Waals surface area (Å²) in [5.74, 6) is 0. The summed E-state index contributed by atoms with van der Waals surface area (Å²) in [6, 6.07) is 19.6. The van der Waals surface area contributed by atoms with E-state index < -0.39 is 7.12 Å². The summed E-state index contributed by atoms with van der Waals surface area (Å²) in [5, 5.41) is 24.1. The predicted molar refractivity (Wildman–Crippen MR) is 96.4 cm³/mol. The molecule has 2 aromatic heterocycles. The molecule has 0 atom stereocenters. The van der Waals surface area contributed by atoms with Crippen LogP contribution in [0.15, 0.2) is 65.1 Å². The fourth-order valence-electron chi connectivity index (χ4n) is 3.43. The maximum absolute atomic E-state index is 9.44. The van der Waals surface area contributed by atoms with Crippen molar-refractivity contribution in [1.29, 1.82) is 0 Å². The van der Waals surface area contributed by atoms with E-state index in [-0.39, 0.29) is 5.59 Å². The van der Waals surface area contributed by atoms with Crippen molar-refractivity contribution in [3.8, 4) is 0 Å². The average Bonchev–Trinajstić information content (AvgIpc) is 3.01. The van der Waals surface area contributed by atoms with E-state index in [0.717, 1.165) is 32.5 Å². The van der Waals surface area contributed by atoms with Crippen molar-refractivity contribution in [2.45, 2.75) is 0 Å². The van der Waals surface area contributed by atoms with Crippen molar-refractivity contribution in [2.24, 2.45) is 0 Å². The van der Waals surface area contributed by atoms with E-state index in [9.17, 15) is 10.0 Å². The molecule has 114 valence electrons. The van der Waals surface area contributed by atoms with Crippen molar-refractivity contribution in [3.05, 3.63) is 60.7 Å². The van der Waals surface area contributed by atoms with Gasteiger partial charge in [-0.3, -0.25) is 4.98 Å². The van der Waals surface area contributed by atoms with Gasteiger partial charge in [-0.25, -0.2) is 0 Å². The van der Waals surface area contributed by atoms with E-state index in [1.165, 1.54) is 0 Å². The van der Waals surface area contributed by atoms with E-state index in [2.05, 4.69) is 17.1 Å². The van der Waals surface area contributed by atoms with E-state index in [1.54, 1.807) is 12.1 Å². The Morgan fingerprint density at radius 2 is 1.38 bits per heavy atom. The third-order valence-corrected chi connectivity index (χ3v) is 4.48. The standard InChI is InChI=1S/C19H12BNO3/c22-20(23)16-10-9-15-18(21-16)17-13-7-3-1-5-11(13)12-6-2-4-8-14(12)19(17)24-15/h1-10,22-23H. The molecule has 5 heteroatoms. The quantitative estimate of drug-likeness (QED) is 0.369. The Labute approximate surface area is 137 Å². The van der Waals surface area contributed by atoms with Crippen molar-refractivity contribution in [3.63, 3.8) is 0 Å². The molecule has 3 aromatic carbocycles. The second kappa shape index (κ2) is 4.80. The Balaban J connectivity index is 2.11. The third-order valence-electron chi connectivity index (χ3n) is 4.48. The number of benzene rings is 3. The molecule has 24 heavy (non-hydrogen) atoms. The van der Waals surface area contributed by atoms with Crippen LogP contribution in [0.3, 0.4) is 0 Å². The van der Waals surface area contributed by atoms with E-state index in [4.69, 9.17) is 4.42 Å². The summed E-state index contributed by atoms with van der Waals surface area (Å²) in [4.78, 5) is 4.43. The van der Waals surface area contributed by atoms with Crippen molar-refractivity contribution in [2.75, 3.05) is 0 Å². The van der Waals surface area contributed by atoms with Crippen LogP contribution in [0.5, 0.6) is 0 Å². The molecule has 0 saturated carbocycles. The zero-order valence-electron chi connectivity index (χ0n) is 12.6. The molecule has 5 rings (SSSR count). The third kappa shape index (κ3) is 1.74. The van der Waals surface area contributed by atoms with Crippen LogP contribution in [0.2, 0.25) is 0 Å². The van der Waals surface area contributed by atoms with Gasteiger partial charge in [-0.15, -0.1) is 0 Å². The molecule has 0 fully saturated rings. The summed E-state index contributed by atoms with van der Waals surface area (Å²) >= 11 is 0. The van der Waals surface area contributed by atoms with Gasteiger partial charge in [0.15, 0.2) is 5.58 Å². The van der Waals surface area contributed by atoms with Gasteiger partial charge in [-0.1, -0.05) is 48.5 Å². The van der Waals surface area contributed by atoms with Crippen LogP contribution in [0.4, 0.5) is 0 Å². The highest BCUT2D eigenvalue weighted by Crippen LogP contribution is 2.39. The Morgan fingerprint density at radius 3 is 2.08 bits per heavy atom. The van der Waals surface area contributed by atoms with E-state index >= 15 is 0 Å². The van der Waals surface area contributed by atoms with Crippen LogP contribution in [0.1, 0.15) is 0 Å². The van der Waals surface area contributed by atoms with Crippen molar-refractivity contribution >= 4 is 56.3 Å². The number of aromatic nitrogens is 1. The normalized spacial score (nSPS) is 11.8. The van der Waals surface area contributed by atoms with Crippen molar-refractivity contribution in [1.82, 2.24) is 4.98 Å². The Morgan fingerprint density at radius 1 is 0.750 bits per heavy atom. The van der Waals surface area contributed by atoms with Gasteiger partial charge in [0.1, 0.15) is 11.1 Å². The van der Waals surface area contributed by atoms with Crippen LogP contribution >= 0.6 is 0 Å². The van der Waals surface area contributed by atoms with Gasteiger partial charge >= 0.3 is 7.12 Å². The molecule has 2 heterocycles. The predicted octanol–water partition coefficient (Wildman–Crippen LogP) is 2.97. The molecule has 0 aliphatic rings. The van der Waals surface area contributed by atoms with Gasteiger partial charge in [0.25, 0.3) is 0 Å². The maximum atomic E-state index is 9.44. The Hall–Kier alpha value is -2.89. The topological polar surface area (TPSA) is 66.5 Å². The van der Waals surface area contributed by atoms with Gasteiger partial charge in [0.05, 0.1) is 11.0 Å². The largest absolute Gasteiger partial charge is 0.508 e. The molecule has 5 aromatic rings. The lowest BCUT2D eigenvalue weighted by Gasteiger charge is -2.05. The fourth-order valence-corrected chi connectivity index (χ4v) is 3.43. The van der Waals surface area contributed by atoms with Gasteiger partial charge in [-0.2, -0.15) is 0 Å². The molecule has 0 amide bonds. The Bertz CT molecular complexity index is 1240. The summed E-state index contributed by atoms with van der Waals surface area (Å²) in [7, 11) is -1.61. The lowest BCUT2D eigenvalue weighted by atomic mass is 9.85. The van der Waals surface area contributed by atoms with E-state index in [0.29, 0.717) is 11.1 Å². The lowest BCUT2D eigenvalue weighted by molar-refractivity contribution is 0.424. The molecule has 0 saturated heterocycles. The van der Waals surface area contributed by atoms with E-state index in [1.807, 2.05) is 36.4 Å². The fraction of sp³-hybridized carbons (Fsp3) is 0. The SMILES string of the molecule is OB(O)c1ccc2oc3c4ccccc4c4ccccc4c3c2n1. The molecule has 0 unspecified atom stereocenters. The molecular formula is C19H12BNO3.